The zero-order valence-electron chi connectivity index (χ0n) is 10.2. The maximum absolute atomic E-state index is 3.39. The fourth-order valence-electron chi connectivity index (χ4n) is 2.21. The van der Waals surface area contributed by atoms with E-state index in [1.165, 1.54) is 27.6 Å². The van der Waals surface area contributed by atoms with Crippen molar-refractivity contribution >= 4 is 10.9 Å². The molecule has 1 heteroatoms. The molecule has 0 saturated heterocycles. The molecule has 0 aliphatic heterocycles. The summed E-state index contributed by atoms with van der Waals surface area (Å²) >= 11 is 0. The highest BCUT2D eigenvalue weighted by Crippen LogP contribution is 2.31. The lowest BCUT2D eigenvalue weighted by atomic mass is 9.86. The average Bonchev–Trinajstić information content (AvgIpc) is 2.45. The number of hydrogen-bond donors (Lipinski definition) is 1. The van der Waals surface area contributed by atoms with Crippen LogP contribution in [0, 0.1) is 13.8 Å². The zero-order valence-corrected chi connectivity index (χ0v) is 10.2. The number of aromatic nitrogens is 1. The Morgan fingerprint density at radius 3 is 2.33 bits per heavy atom. The van der Waals surface area contributed by atoms with Gasteiger partial charge in [-0.1, -0.05) is 32.4 Å². The molecule has 0 aliphatic rings. The molecular weight excluding hydrogens is 182 g/mol. The lowest BCUT2D eigenvalue weighted by molar-refractivity contribution is 0.596. The monoisotopic (exact) mass is 201 g/mol. The van der Waals surface area contributed by atoms with Crippen LogP contribution in [0.1, 0.15) is 37.5 Å². The predicted octanol–water partition coefficient (Wildman–Crippen LogP) is 4.08. The van der Waals surface area contributed by atoms with E-state index in [1.807, 2.05) is 0 Å². The van der Waals surface area contributed by atoms with E-state index in [-0.39, 0.29) is 5.41 Å². The van der Waals surface area contributed by atoms with Gasteiger partial charge in [-0.15, -0.1) is 0 Å². The molecule has 1 aromatic carbocycles. The van der Waals surface area contributed by atoms with E-state index in [2.05, 4.69) is 57.9 Å². The van der Waals surface area contributed by atoms with Crippen molar-refractivity contribution in [1.29, 1.82) is 0 Å². The molecule has 15 heavy (non-hydrogen) atoms. The maximum atomic E-state index is 3.39. The van der Waals surface area contributed by atoms with Crippen molar-refractivity contribution < 1.29 is 0 Å². The third-order valence-electron chi connectivity index (χ3n) is 2.94. The van der Waals surface area contributed by atoms with E-state index < -0.39 is 0 Å². The van der Waals surface area contributed by atoms with Crippen LogP contribution in [0.15, 0.2) is 18.3 Å². The van der Waals surface area contributed by atoms with Gasteiger partial charge >= 0.3 is 0 Å². The topological polar surface area (TPSA) is 15.8 Å². The van der Waals surface area contributed by atoms with Crippen LogP contribution < -0.4 is 0 Å². The summed E-state index contributed by atoms with van der Waals surface area (Å²) in [5.41, 5.74) is 5.57. The Hall–Kier alpha value is -1.24. The van der Waals surface area contributed by atoms with E-state index in [9.17, 15) is 0 Å². The van der Waals surface area contributed by atoms with Gasteiger partial charge in [-0.25, -0.2) is 0 Å². The van der Waals surface area contributed by atoms with Crippen LogP contribution in [-0.2, 0) is 5.41 Å². The second kappa shape index (κ2) is 3.13. The largest absolute Gasteiger partial charge is 0.361 e. The van der Waals surface area contributed by atoms with Crippen molar-refractivity contribution in [3.05, 3.63) is 35.0 Å². The number of aromatic amines is 1. The van der Waals surface area contributed by atoms with Crippen LogP contribution in [-0.4, -0.2) is 4.98 Å². The lowest BCUT2D eigenvalue weighted by Crippen LogP contribution is -2.09. The third kappa shape index (κ3) is 1.67. The number of H-pyrrole nitrogens is 1. The Kier molecular flexibility index (Phi) is 2.14. The number of hydrogen-bond acceptors (Lipinski definition) is 0. The highest BCUT2D eigenvalue weighted by atomic mass is 14.7. The van der Waals surface area contributed by atoms with Gasteiger partial charge in [0.1, 0.15) is 0 Å². The lowest BCUT2D eigenvalue weighted by Gasteiger charge is -2.17. The van der Waals surface area contributed by atoms with Crippen LogP contribution in [0.4, 0.5) is 0 Å². The van der Waals surface area contributed by atoms with Gasteiger partial charge in [0.2, 0.25) is 0 Å². The van der Waals surface area contributed by atoms with E-state index >= 15 is 0 Å². The minimum absolute atomic E-state index is 0.207. The van der Waals surface area contributed by atoms with Crippen LogP contribution in [0.3, 0.4) is 0 Å². The summed E-state index contributed by atoms with van der Waals surface area (Å²) in [6.07, 6.45) is 2.15. The Morgan fingerprint density at radius 1 is 1.07 bits per heavy atom. The molecule has 0 bridgehead atoms. The van der Waals surface area contributed by atoms with Crippen molar-refractivity contribution in [2.45, 2.75) is 40.0 Å². The number of nitrogens with one attached hydrogen (secondary N) is 1. The number of fused-ring (bicyclic) bond motifs is 1. The second-order valence-corrected chi connectivity index (χ2v) is 5.46. The van der Waals surface area contributed by atoms with Crippen molar-refractivity contribution in [1.82, 2.24) is 4.98 Å². The van der Waals surface area contributed by atoms with E-state index in [4.69, 9.17) is 0 Å². The number of rotatable bonds is 0. The third-order valence-corrected chi connectivity index (χ3v) is 2.94. The van der Waals surface area contributed by atoms with Gasteiger partial charge < -0.3 is 4.98 Å². The molecule has 1 N–H and O–H groups in total. The first kappa shape index (κ1) is 10.3. The van der Waals surface area contributed by atoms with Gasteiger partial charge in [0, 0.05) is 17.1 Å². The molecule has 80 valence electrons. The number of benzene rings is 1. The Labute approximate surface area is 91.5 Å². The molecule has 0 saturated carbocycles. The second-order valence-electron chi connectivity index (χ2n) is 5.46. The molecule has 1 heterocycles. The molecule has 1 aromatic heterocycles. The molecule has 2 rings (SSSR count). The molecule has 1 nitrogen and oxygen atoms in total. The summed E-state index contributed by atoms with van der Waals surface area (Å²) in [7, 11) is 0. The smallest absolute Gasteiger partial charge is 0.0486 e. The highest BCUT2D eigenvalue weighted by molar-refractivity contribution is 5.87. The Balaban J connectivity index is 2.80. The molecule has 2 aromatic rings. The number of aryl methyl sites for hydroxylation is 2. The quantitative estimate of drug-likeness (QED) is 0.661. The highest BCUT2D eigenvalue weighted by Gasteiger charge is 2.18. The first-order chi connectivity index (χ1) is 6.89. The van der Waals surface area contributed by atoms with Crippen LogP contribution in [0.5, 0.6) is 0 Å². The first-order valence-corrected chi connectivity index (χ1v) is 5.48. The molecule has 0 fully saturated rings. The van der Waals surface area contributed by atoms with Gasteiger partial charge in [0.25, 0.3) is 0 Å². The Morgan fingerprint density at radius 2 is 1.73 bits per heavy atom. The average molecular weight is 201 g/mol. The molecular formula is C14H19N. The normalized spacial score (nSPS) is 12.3. The minimum Gasteiger partial charge on any atom is -0.361 e. The standard InChI is InChI=1S/C14H19N/c1-9-6-10(2)13-11(7-9)12(8-15-13)14(3,4)5/h6-8,15H,1-5H3. The summed E-state index contributed by atoms with van der Waals surface area (Å²) in [5, 5.41) is 1.38. The zero-order chi connectivity index (χ0) is 11.2. The predicted molar refractivity (Wildman–Crippen MR) is 66.5 cm³/mol. The van der Waals surface area contributed by atoms with Crippen molar-refractivity contribution in [2.75, 3.05) is 0 Å². The molecule has 0 atom stereocenters. The van der Waals surface area contributed by atoms with Crippen LogP contribution in [0.25, 0.3) is 10.9 Å². The summed E-state index contributed by atoms with van der Waals surface area (Å²) in [6.45, 7) is 11.1. The molecule has 0 unspecified atom stereocenters. The van der Waals surface area contributed by atoms with Crippen molar-refractivity contribution in [2.24, 2.45) is 0 Å². The van der Waals surface area contributed by atoms with Crippen molar-refractivity contribution in [3.63, 3.8) is 0 Å². The van der Waals surface area contributed by atoms with Gasteiger partial charge in [-0.05, 0) is 36.5 Å². The van der Waals surface area contributed by atoms with Gasteiger partial charge in [-0.3, -0.25) is 0 Å². The summed E-state index contributed by atoms with van der Waals surface area (Å²) in [5.74, 6) is 0. The fraction of sp³-hybridized carbons (Fsp3) is 0.429. The summed E-state index contributed by atoms with van der Waals surface area (Å²) in [6, 6.07) is 4.50. The van der Waals surface area contributed by atoms with E-state index in [1.54, 1.807) is 0 Å². The summed E-state index contributed by atoms with van der Waals surface area (Å²) in [4.78, 5) is 3.39. The van der Waals surface area contributed by atoms with Gasteiger partial charge in [0.15, 0.2) is 0 Å². The maximum Gasteiger partial charge on any atom is 0.0486 e. The minimum atomic E-state index is 0.207. The molecule has 0 radical (unpaired) electrons. The van der Waals surface area contributed by atoms with E-state index in [0.29, 0.717) is 0 Å². The van der Waals surface area contributed by atoms with Gasteiger partial charge in [0.05, 0.1) is 0 Å². The van der Waals surface area contributed by atoms with E-state index in [0.717, 1.165) is 0 Å². The van der Waals surface area contributed by atoms with Crippen molar-refractivity contribution in [3.8, 4) is 0 Å². The van der Waals surface area contributed by atoms with Crippen LogP contribution in [0.2, 0.25) is 0 Å². The molecule has 0 aliphatic carbocycles. The molecule has 0 amide bonds. The van der Waals surface area contributed by atoms with Crippen LogP contribution >= 0.6 is 0 Å². The Bertz CT molecular complexity index is 498. The van der Waals surface area contributed by atoms with Gasteiger partial charge in [-0.2, -0.15) is 0 Å². The summed E-state index contributed by atoms with van der Waals surface area (Å²) < 4.78 is 0. The SMILES string of the molecule is Cc1cc(C)c2[nH]cc(C(C)(C)C)c2c1. The fourth-order valence-corrected chi connectivity index (χ4v) is 2.21. The molecule has 0 spiro atoms. The first-order valence-electron chi connectivity index (χ1n) is 5.48.